The molecule has 1 heterocycles. The number of hydrogen-bond acceptors (Lipinski definition) is 3. The number of benzene rings is 2. The highest BCUT2D eigenvalue weighted by Crippen LogP contribution is 2.18. The number of carbonyl (C=O) groups is 1. The van der Waals surface area contributed by atoms with Crippen molar-refractivity contribution in [2.45, 2.75) is 34.2 Å². The van der Waals surface area contributed by atoms with E-state index in [1.165, 1.54) is 10.6 Å². The fourth-order valence-electron chi connectivity index (χ4n) is 3.09. The van der Waals surface area contributed by atoms with Crippen molar-refractivity contribution in [3.63, 3.8) is 0 Å². The molecule has 0 radical (unpaired) electrons. The summed E-state index contributed by atoms with van der Waals surface area (Å²) < 4.78 is 1.41. The number of amides is 1. The SMILES string of the molecule is Cc1ccc(-c2nc(C)cc(=O)n2CC(=O)Nc2cc(C)cc(C)c2)cc1. The van der Waals surface area contributed by atoms with Gasteiger partial charge in [-0.1, -0.05) is 35.9 Å². The minimum atomic E-state index is -0.263. The molecule has 0 fully saturated rings. The third kappa shape index (κ3) is 4.50. The van der Waals surface area contributed by atoms with Gasteiger partial charge in [0.25, 0.3) is 5.56 Å². The summed E-state index contributed by atoms with van der Waals surface area (Å²) >= 11 is 0. The quantitative estimate of drug-likeness (QED) is 0.769. The molecule has 0 saturated heterocycles. The average Bonchev–Trinajstić information content (AvgIpc) is 2.57. The van der Waals surface area contributed by atoms with Crippen molar-refractivity contribution in [3.8, 4) is 11.4 Å². The molecule has 1 aromatic heterocycles. The average molecular weight is 361 g/mol. The maximum atomic E-state index is 12.6. The summed E-state index contributed by atoms with van der Waals surface area (Å²) in [6.45, 7) is 7.64. The van der Waals surface area contributed by atoms with Crippen molar-refractivity contribution < 1.29 is 4.79 Å². The lowest BCUT2D eigenvalue weighted by atomic mass is 10.1. The van der Waals surface area contributed by atoms with E-state index in [9.17, 15) is 9.59 Å². The molecular formula is C22H23N3O2. The van der Waals surface area contributed by atoms with Gasteiger partial charge in [-0.05, 0) is 51.0 Å². The van der Waals surface area contributed by atoms with Crippen LogP contribution in [-0.4, -0.2) is 15.5 Å². The third-order valence-corrected chi connectivity index (χ3v) is 4.25. The van der Waals surface area contributed by atoms with Crippen LogP contribution >= 0.6 is 0 Å². The van der Waals surface area contributed by atoms with Gasteiger partial charge < -0.3 is 5.32 Å². The topological polar surface area (TPSA) is 64.0 Å². The predicted octanol–water partition coefficient (Wildman–Crippen LogP) is 3.78. The second-order valence-corrected chi connectivity index (χ2v) is 6.94. The molecule has 0 bridgehead atoms. The van der Waals surface area contributed by atoms with Crippen molar-refractivity contribution in [2.24, 2.45) is 0 Å². The van der Waals surface area contributed by atoms with Crippen molar-refractivity contribution in [2.75, 3.05) is 5.32 Å². The lowest BCUT2D eigenvalue weighted by Gasteiger charge is -2.14. The Hall–Kier alpha value is -3.21. The van der Waals surface area contributed by atoms with Crippen molar-refractivity contribution in [1.29, 1.82) is 0 Å². The zero-order valence-corrected chi connectivity index (χ0v) is 16.0. The molecule has 0 unspecified atom stereocenters. The van der Waals surface area contributed by atoms with Crippen LogP contribution in [0, 0.1) is 27.7 Å². The first-order valence-corrected chi connectivity index (χ1v) is 8.85. The van der Waals surface area contributed by atoms with Gasteiger partial charge in [0.2, 0.25) is 5.91 Å². The molecule has 0 atom stereocenters. The maximum Gasteiger partial charge on any atom is 0.254 e. The largest absolute Gasteiger partial charge is 0.325 e. The molecule has 0 aliphatic heterocycles. The molecule has 3 rings (SSSR count). The summed E-state index contributed by atoms with van der Waals surface area (Å²) in [4.78, 5) is 29.6. The normalized spacial score (nSPS) is 10.7. The fourth-order valence-corrected chi connectivity index (χ4v) is 3.09. The van der Waals surface area contributed by atoms with Crippen molar-refractivity contribution >= 4 is 11.6 Å². The molecule has 0 spiro atoms. The molecule has 2 aromatic carbocycles. The zero-order chi connectivity index (χ0) is 19.6. The van der Waals surface area contributed by atoms with E-state index in [0.717, 1.165) is 27.9 Å². The van der Waals surface area contributed by atoms with E-state index in [-0.39, 0.29) is 18.0 Å². The van der Waals surface area contributed by atoms with Crippen LogP contribution in [0.2, 0.25) is 0 Å². The summed E-state index contributed by atoms with van der Waals surface area (Å²) in [5, 5.41) is 2.88. The lowest BCUT2D eigenvalue weighted by molar-refractivity contribution is -0.116. The van der Waals surface area contributed by atoms with E-state index in [2.05, 4.69) is 10.3 Å². The van der Waals surface area contributed by atoms with Crippen molar-refractivity contribution in [3.05, 3.63) is 81.3 Å². The number of carbonyl (C=O) groups excluding carboxylic acids is 1. The van der Waals surface area contributed by atoms with Crippen LogP contribution < -0.4 is 10.9 Å². The number of anilines is 1. The Bertz CT molecular complexity index is 1030. The number of hydrogen-bond donors (Lipinski definition) is 1. The highest BCUT2D eigenvalue weighted by atomic mass is 16.2. The van der Waals surface area contributed by atoms with E-state index < -0.39 is 0 Å². The van der Waals surface area contributed by atoms with Gasteiger partial charge in [-0.3, -0.25) is 14.2 Å². The summed E-state index contributed by atoms with van der Waals surface area (Å²) in [7, 11) is 0. The molecule has 138 valence electrons. The smallest absolute Gasteiger partial charge is 0.254 e. The van der Waals surface area contributed by atoms with Crippen LogP contribution in [-0.2, 0) is 11.3 Å². The molecular weight excluding hydrogens is 338 g/mol. The van der Waals surface area contributed by atoms with E-state index in [0.29, 0.717) is 11.5 Å². The molecule has 0 saturated carbocycles. The van der Waals surface area contributed by atoms with Gasteiger partial charge in [0, 0.05) is 23.0 Å². The molecule has 0 aliphatic rings. The summed E-state index contributed by atoms with van der Waals surface area (Å²) in [6.07, 6.45) is 0. The Kier molecular flexibility index (Phi) is 5.21. The molecule has 27 heavy (non-hydrogen) atoms. The maximum absolute atomic E-state index is 12.6. The Morgan fingerprint density at radius 2 is 1.56 bits per heavy atom. The number of rotatable bonds is 4. The fraction of sp³-hybridized carbons (Fsp3) is 0.227. The van der Waals surface area contributed by atoms with E-state index >= 15 is 0 Å². The monoisotopic (exact) mass is 361 g/mol. The van der Waals surface area contributed by atoms with Gasteiger partial charge in [0.05, 0.1) is 0 Å². The minimum Gasteiger partial charge on any atom is -0.325 e. The van der Waals surface area contributed by atoms with E-state index in [4.69, 9.17) is 0 Å². The number of nitrogens with zero attached hydrogens (tertiary/aromatic N) is 2. The highest BCUT2D eigenvalue weighted by Gasteiger charge is 2.13. The van der Waals surface area contributed by atoms with Gasteiger partial charge in [-0.25, -0.2) is 4.98 Å². The van der Waals surface area contributed by atoms with Crippen LogP contribution in [0.3, 0.4) is 0 Å². The standard InChI is InChI=1S/C22H23N3O2/c1-14-5-7-18(8-6-14)22-23-17(4)12-21(27)25(22)13-20(26)24-19-10-15(2)9-16(3)11-19/h5-12H,13H2,1-4H3,(H,24,26). The van der Waals surface area contributed by atoms with E-state index in [1.807, 2.05) is 63.2 Å². The summed E-state index contributed by atoms with van der Waals surface area (Å²) in [5.41, 5.74) is 5.17. The van der Waals surface area contributed by atoms with Gasteiger partial charge in [-0.15, -0.1) is 0 Å². The second-order valence-electron chi connectivity index (χ2n) is 6.94. The van der Waals surface area contributed by atoms with Gasteiger partial charge in [-0.2, -0.15) is 0 Å². The second kappa shape index (κ2) is 7.58. The summed E-state index contributed by atoms with van der Waals surface area (Å²) in [6, 6.07) is 15.0. The van der Waals surface area contributed by atoms with E-state index in [1.54, 1.807) is 6.92 Å². The molecule has 3 aromatic rings. The number of aryl methyl sites for hydroxylation is 4. The molecule has 1 amide bonds. The third-order valence-electron chi connectivity index (χ3n) is 4.25. The Morgan fingerprint density at radius 1 is 0.926 bits per heavy atom. The number of aromatic nitrogens is 2. The van der Waals surface area contributed by atoms with Crippen molar-refractivity contribution in [1.82, 2.24) is 9.55 Å². The molecule has 0 aliphatic carbocycles. The first-order valence-electron chi connectivity index (χ1n) is 8.85. The van der Waals surface area contributed by atoms with Gasteiger partial charge in [0.1, 0.15) is 12.4 Å². The van der Waals surface area contributed by atoms with Crippen LogP contribution in [0.15, 0.2) is 53.3 Å². The van der Waals surface area contributed by atoms with Crippen LogP contribution in [0.5, 0.6) is 0 Å². The zero-order valence-electron chi connectivity index (χ0n) is 16.0. The predicted molar refractivity (Wildman–Crippen MR) is 108 cm³/mol. The van der Waals surface area contributed by atoms with Crippen LogP contribution in [0.4, 0.5) is 5.69 Å². The first-order chi connectivity index (χ1) is 12.8. The van der Waals surface area contributed by atoms with Gasteiger partial charge >= 0.3 is 0 Å². The summed E-state index contributed by atoms with van der Waals surface area (Å²) in [5.74, 6) is 0.233. The molecule has 1 N–H and O–H groups in total. The highest BCUT2D eigenvalue weighted by molar-refractivity contribution is 5.91. The Morgan fingerprint density at radius 3 is 2.19 bits per heavy atom. The Labute approximate surface area is 158 Å². The Balaban J connectivity index is 1.93. The van der Waals surface area contributed by atoms with Crippen LogP contribution in [0.1, 0.15) is 22.4 Å². The molecule has 5 nitrogen and oxygen atoms in total. The first kappa shape index (κ1) is 18.6. The van der Waals surface area contributed by atoms with Gasteiger partial charge in [0.15, 0.2) is 0 Å². The van der Waals surface area contributed by atoms with Crippen LogP contribution in [0.25, 0.3) is 11.4 Å². The number of nitrogens with one attached hydrogen (secondary N) is 1. The molecule has 5 heteroatoms. The minimum absolute atomic E-state index is 0.0949. The lowest BCUT2D eigenvalue weighted by Crippen LogP contribution is -2.29.